The van der Waals surface area contributed by atoms with E-state index in [-0.39, 0.29) is 5.91 Å². The molecule has 2 amide bonds. The van der Waals surface area contributed by atoms with Crippen molar-refractivity contribution in [1.82, 2.24) is 4.57 Å². The number of nitrogens with zero attached hydrogens (tertiary/aromatic N) is 2. The minimum absolute atomic E-state index is 0.222. The number of imide groups is 1. The molecule has 7 heteroatoms. The van der Waals surface area contributed by atoms with E-state index in [1.807, 2.05) is 36.4 Å². The summed E-state index contributed by atoms with van der Waals surface area (Å²) >= 11 is 12.0. The van der Waals surface area contributed by atoms with Gasteiger partial charge >= 0.3 is 0 Å². The molecule has 0 fully saturated rings. The molecule has 2 heterocycles. The van der Waals surface area contributed by atoms with Crippen LogP contribution >= 0.6 is 23.2 Å². The lowest BCUT2D eigenvalue weighted by Gasteiger charge is -2.15. The van der Waals surface area contributed by atoms with E-state index in [2.05, 4.69) is 0 Å². The summed E-state index contributed by atoms with van der Waals surface area (Å²) in [4.78, 5) is 41.7. The van der Waals surface area contributed by atoms with Crippen LogP contribution in [0.2, 0.25) is 10.0 Å². The molecule has 5 aromatic rings. The normalized spacial score (nSPS) is 13.8. The fourth-order valence-corrected chi connectivity index (χ4v) is 4.93. The van der Waals surface area contributed by atoms with Crippen LogP contribution in [0.1, 0.15) is 31.8 Å². The molecule has 4 aromatic carbocycles. The lowest BCUT2D eigenvalue weighted by atomic mass is 10.0. The summed E-state index contributed by atoms with van der Waals surface area (Å²) in [5.41, 5.74) is 3.73. The zero-order valence-corrected chi connectivity index (χ0v) is 21.3. The van der Waals surface area contributed by atoms with E-state index in [4.69, 9.17) is 23.2 Å². The Labute approximate surface area is 228 Å². The standard InChI is InChI=1S/C31H18Cl2N2O3/c32-22-13-9-19(10-14-22)29(36)34-18-21(24-5-1-3-7-27(24)34)17-26-25-6-2-4-8-28(25)35(31(26)38)30(37)20-11-15-23(33)16-12-20/h1-18H/b26-17-. The van der Waals surface area contributed by atoms with Crippen LogP contribution in [0.3, 0.4) is 0 Å². The summed E-state index contributed by atoms with van der Waals surface area (Å²) in [5, 5.41) is 1.84. The van der Waals surface area contributed by atoms with Gasteiger partial charge in [0.2, 0.25) is 0 Å². The predicted molar refractivity (Wildman–Crippen MR) is 151 cm³/mol. The second-order valence-electron chi connectivity index (χ2n) is 8.81. The van der Waals surface area contributed by atoms with Gasteiger partial charge in [-0.3, -0.25) is 19.0 Å². The first-order chi connectivity index (χ1) is 18.4. The van der Waals surface area contributed by atoms with Crippen molar-refractivity contribution in [1.29, 1.82) is 0 Å². The number of para-hydroxylation sites is 2. The second-order valence-corrected chi connectivity index (χ2v) is 9.68. The molecular weight excluding hydrogens is 519 g/mol. The van der Waals surface area contributed by atoms with Crippen LogP contribution in [0.4, 0.5) is 5.69 Å². The molecule has 1 aromatic heterocycles. The highest BCUT2D eigenvalue weighted by molar-refractivity contribution is 6.44. The Morgan fingerprint density at radius 2 is 1.26 bits per heavy atom. The monoisotopic (exact) mass is 536 g/mol. The summed E-state index contributed by atoms with van der Waals surface area (Å²) in [6.07, 6.45) is 3.46. The number of aromatic nitrogens is 1. The first-order valence-electron chi connectivity index (χ1n) is 11.8. The van der Waals surface area contributed by atoms with Gasteiger partial charge in [0, 0.05) is 43.9 Å². The topological polar surface area (TPSA) is 59.4 Å². The van der Waals surface area contributed by atoms with Gasteiger partial charge in [0.1, 0.15) is 0 Å². The number of hydrogen-bond acceptors (Lipinski definition) is 3. The summed E-state index contributed by atoms with van der Waals surface area (Å²) < 4.78 is 1.56. The SMILES string of the molecule is O=C1/C(=C\c2cn(C(=O)c3ccc(Cl)cc3)c3ccccc23)c2ccccc2N1C(=O)c1ccc(Cl)cc1. The Morgan fingerprint density at radius 3 is 1.95 bits per heavy atom. The highest BCUT2D eigenvalue weighted by atomic mass is 35.5. The molecule has 5 nitrogen and oxygen atoms in total. The smallest absolute Gasteiger partial charge is 0.266 e. The summed E-state index contributed by atoms with van der Waals surface area (Å²) in [5.74, 6) is -1.10. The van der Waals surface area contributed by atoms with Gasteiger partial charge in [0.05, 0.1) is 16.8 Å². The summed E-state index contributed by atoms with van der Waals surface area (Å²) in [6, 6.07) is 27.8. The molecular formula is C31H18Cl2N2O3. The third-order valence-electron chi connectivity index (χ3n) is 6.52. The Hall–Kier alpha value is -4.45. The summed E-state index contributed by atoms with van der Waals surface area (Å²) in [7, 11) is 0. The fraction of sp³-hybridized carbons (Fsp3) is 0. The zero-order valence-electron chi connectivity index (χ0n) is 19.8. The Balaban J connectivity index is 1.46. The van der Waals surface area contributed by atoms with Crippen molar-refractivity contribution in [3.8, 4) is 0 Å². The molecule has 1 aliphatic rings. The highest BCUT2D eigenvalue weighted by Gasteiger charge is 2.37. The number of benzene rings is 4. The van der Waals surface area contributed by atoms with Crippen molar-refractivity contribution in [3.05, 3.63) is 136 Å². The first-order valence-corrected chi connectivity index (χ1v) is 12.5. The Morgan fingerprint density at radius 1 is 0.684 bits per heavy atom. The van der Waals surface area contributed by atoms with Crippen LogP contribution in [0.25, 0.3) is 22.6 Å². The van der Waals surface area contributed by atoms with Gasteiger partial charge in [-0.1, -0.05) is 59.6 Å². The van der Waals surface area contributed by atoms with Crippen molar-refractivity contribution in [2.75, 3.05) is 4.90 Å². The Bertz CT molecular complexity index is 1780. The van der Waals surface area contributed by atoms with E-state index in [1.165, 1.54) is 4.90 Å². The molecule has 0 saturated carbocycles. The predicted octanol–water partition coefficient (Wildman–Crippen LogP) is 7.36. The van der Waals surface area contributed by atoms with Gasteiger partial charge in [0.25, 0.3) is 17.7 Å². The van der Waals surface area contributed by atoms with E-state index in [1.54, 1.807) is 77.5 Å². The minimum Gasteiger partial charge on any atom is -0.283 e. The molecule has 38 heavy (non-hydrogen) atoms. The zero-order chi connectivity index (χ0) is 26.4. The molecule has 0 atom stereocenters. The van der Waals surface area contributed by atoms with Crippen LogP contribution in [-0.4, -0.2) is 22.3 Å². The van der Waals surface area contributed by atoms with Crippen molar-refractivity contribution >= 4 is 69.2 Å². The molecule has 184 valence electrons. The number of carbonyl (C=O) groups excluding carboxylic acids is 3. The average Bonchev–Trinajstić information content (AvgIpc) is 3.44. The quantitative estimate of drug-likeness (QED) is 0.178. The van der Waals surface area contributed by atoms with E-state index in [9.17, 15) is 14.4 Å². The van der Waals surface area contributed by atoms with Gasteiger partial charge in [-0.2, -0.15) is 0 Å². The minimum atomic E-state index is -0.442. The average molecular weight is 537 g/mol. The van der Waals surface area contributed by atoms with E-state index < -0.39 is 11.8 Å². The van der Waals surface area contributed by atoms with Gasteiger partial charge in [-0.15, -0.1) is 0 Å². The molecule has 0 radical (unpaired) electrons. The van der Waals surface area contributed by atoms with Crippen molar-refractivity contribution < 1.29 is 14.4 Å². The van der Waals surface area contributed by atoms with Crippen molar-refractivity contribution in [2.45, 2.75) is 0 Å². The molecule has 6 rings (SSSR count). The highest BCUT2D eigenvalue weighted by Crippen LogP contribution is 2.39. The van der Waals surface area contributed by atoms with Crippen LogP contribution in [0, 0.1) is 0 Å². The van der Waals surface area contributed by atoms with E-state index in [0.717, 1.165) is 5.39 Å². The van der Waals surface area contributed by atoms with Crippen molar-refractivity contribution in [3.63, 3.8) is 0 Å². The molecule has 1 aliphatic heterocycles. The van der Waals surface area contributed by atoms with Crippen LogP contribution in [0.5, 0.6) is 0 Å². The number of carbonyl (C=O) groups is 3. The van der Waals surface area contributed by atoms with Crippen molar-refractivity contribution in [2.24, 2.45) is 0 Å². The number of amides is 2. The molecule has 0 saturated heterocycles. The fourth-order valence-electron chi connectivity index (χ4n) is 4.68. The second kappa shape index (κ2) is 9.45. The summed E-state index contributed by atoms with van der Waals surface area (Å²) in [6.45, 7) is 0. The Kier molecular flexibility index (Phi) is 5.95. The number of fused-ring (bicyclic) bond motifs is 2. The van der Waals surface area contributed by atoms with Crippen LogP contribution < -0.4 is 4.90 Å². The third kappa shape index (κ3) is 4.02. The third-order valence-corrected chi connectivity index (χ3v) is 7.02. The maximum absolute atomic E-state index is 13.7. The number of anilines is 1. The van der Waals surface area contributed by atoms with Gasteiger partial charge in [-0.25, -0.2) is 4.90 Å². The van der Waals surface area contributed by atoms with E-state index in [0.29, 0.717) is 49.1 Å². The van der Waals surface area contributed by atoms with E-state index >= 15 is 0 Å². The molecule has 0 bridgehead atoms. The lowest BCUT2D eigenvalue weighted by Crippen LogP contribution is -2.33. The molecule has 0 aliphatic carbocycles. The van der Waals surface area contributed by atoms with Gasteiger partial charge < -0.3 is 0 Å². The number of hydrogen-bond donors (Lipinski definition) is 0. The van der Waals surface area contributed by atoms with Crippen LogP contribution in [0.15, 0.2) is 103 Å². The number of rotatable bonds is 3. The first kappa shape index (κ1) is 23.9. The number of halogens is 2. The lowest BCUT2D eigenvalue weighted by molar-refractivity contribution is -0.112. The van der Waals surface area contributed by atoms with Gasteiger partial charge in [0.15, 0.2) is 0 Å². The van der Waals surface area contributed by atoms with Crippen LogP contribution in [-0.2, 0) is 4.79 Å². The molecule has 0 N–H and O–H groups in total. The van der Waals surface area contributed by atoms with Gasteiger partial charge in [-0.05, 0) is 66.7 Å². The molecule has 0 unspecified atom stereocenters. The molecule has 0 spiro atoms. The maximum atomic E-state index is 13.7. The maximum Gasteiger partial charge on any atom is 0.266 e. The largest absolute Gasteiger partial charge is 0.283 e.